The molecule has 0 aliphatic carbocycles. The van der Waals surface area contributed by atoms with E-state index in [1.165, 1.54) is 6.08 Å². The van der Waals surface area contributed by atoms with Gasteiger partial charge in [-0.15, -0.1) is 0 Å². The quantitative estimate of drug-likeness (QED) is 0.846. The molecule has 0 radical (unpaired) electrons. The Hall–Kier alpha value is -3.28. The number of fused-ring (bicyclic) bond motifs is 1. The molecule has 1 unspecified atom stereocenters. The van der Waals surface area contributed by atoms with Crippen molar-refractivity contribution in [3.8, 4) is 11.5 Å². The highest BCUT2D eigenvalue weighted by atomic mass is 16.6. The van der Waals surface area contributed by atoms with Gasteiger partial charge < -0.3 is 19.7 Å². The summed E-state index contributed by atoms with van der Waals surface area (Å²) in [6.45, 7) is 1.46. The summed E-state index contributed by atoms with van der Waals surface area (Å²) in [4.78, 5) is 26.2. The highest BCUT2D eigenvalue weighted by molar-refractivity contribution is 5.98. The van der Waals surface area contributed by atoms with Crippen LogP contribution in [0.1, 0.15) is 12.0 Å². The molecule has 0 aromatic heterocycles. The zero-order valence-corrected chi connectivity index (χ0v) is 14.8. The van der Waals surface area contributed by atoms with Gasteiger partial charge >= 0.3 is 0 Å². The molecule has 2 heterocycles. The number of nitrogens with zero attached hydrogens (tertiary/aromatic N) is 1. The summed E-state index contributed by atoms with van der Waals surface area (Å²) in [7, 11) is 0. The summed E-state index contributed by atoms with van der Waals surface area (Å²) in [5.74, 6) is 1.10. The van der Waals surface area contributed by atoms with Crippen molar-refractivity contribution in [2.75, 3.05) is 24.7 Å². The number of amides is 2. The van der Waals surface area contributed by atoms with E-state index in [1.54, 1.807) is 11.0 Å². The van der Waals surface area contributed by atoms with E-state index in [0.717, 1.165) is 11.3 Å². The lowest BCUT2D eigenvalue weighted by Crippen LogP contribution is -2.36. The Balaban J connectivity index is 1.39. The fourth-order valence-corrected chi connectivity index (χ4v) is 3.24. The third kappa shape index (κ3) is 3.95. The first-order valence-electron chi connectivity index (χ1n) is 8.93. The molecule has 2 amide bonds. The van der Waals surface area contributed by atoms with E-state index < -0.39 is 0 Å². The zero-order chi connectivity index (χ0) is 18.6. The van der Waals surface area contributed by atoms with Crippen LogP contribution in [-0.2, 0) is 9.59 Å². The molecule has 1 N–H and O–H groups in total. The first-order chi connectivity index (χ1) is 13.2. The molecule has 0 bridgehead atoms. The Morgan fingerprint density at radius 3 is 2.67 bits per heavy atom. The van der Waals surface area contributed by atoms with Gasteiger partial charge in [-0.05, 0) is 23.8 Å². The molecule has 1 fully saturated rings. The number of nitrogens with one attached hydrogen (secondary N) is 1. The van der Waals surface area contributed by atoms with Gasteiger partial charge in [0.05, 0.1) is 6.04 Å². The van der Waals surface area contributed by atoms with Crippen LogP contribution in [0.3, 0.4) is 0 Å². The number of ether oxygens (including phenoxy) is 2. The van der Waals surface area contributed by atoms with Gasteiger partial charge in [-0.2, -0.15) is 0 Å². The molecule has 1 atom stereocenters. The minimum absolute atomic E-state index is 0.0241. The van der Waals surface area contributed by atoms with Crippen LogP contribution in [0.2, 0.25) is 0 Å². The van der Waals surface area contributed by atoms with Crippen LogP contribution in [0.4, 0.5) is 5.69 Å². The summed E-state index contributed by atoms with van der Waals surface area (Å²) in [6.07, 6.45) is 3.52. The Morgan fingerprint density at radius 2 is 1.85 bits per heavy atom. The van der Waals surface area contributed by atoms with Gasteiger partial charge in [0.15, 0.2) is 11.5 Å². The summed E-state index contributed by atoms with van der Waals surface area (Å²) in [6, 6.07) is 14.8. The molecule has 138 valence electrons. The molecule has 0 saturated carbocycles. The normalized spacial score (nSPS) is 18.7. The lowest BCUT2D eigenvalue weighted by molar-refractivity contribution is -0.117. The van der Waals surface area contributed by atoms with E-state index in [-0.39, 0.29) is 24.3 Å². The summed E-state index contributed by atoms with van der Waals surface area (Å²) < 4.78 is 11.1. The average molecular weight is 364 g/mol. The number of anilines is 1. The van der Waals surface area contributed by atoms with Crippen LogP contribution in [-0.4, -0.2) is 37.6 Å². The topological polar surface area (TPSA) is 67.9 Å². The third-order valence-corrected chi connectivity index (χ3v) is 4.54. The largest absolute Gasteiger partial charge is 0.486 e. The van der Waals surface area contributed by atoms with Crippen molar-refractivity contribution in [3.63, 3.8) is 0 Å². The fraction of sp³-hybridized carbons (Fsp3) is 0.238. The first kappa shape index (κ1) is 17.1. The standard InChI is InChI=1S/C21H20N2O4/c24-20(9-6-15-4-2-1-3-5-15)22-16-12-21(25)23(14-16)17-7-8-18-19(13-17)27-11-10-26-18/h1-9,13,16H,10-12,14H2,(H,22,24). The van der Waals surface area contributed by atoms with Gasteiger partial charge in [0, 0.05) is 30.8 Å². The molecule has 2 aromatic rings. The van der Waals surface area contributed by atoms with Crippen LogP contribution in [0, 0.1) is 0 Å². The van der Waals surface area contributed by atoms with Gasteiger partial charge in [0.2, 0.25) is 11.8 Å². The number of hydrogen-bond donors (Lipinski definition) is 1. The Kier molecular flexibility index (Phi) is 4.78. The number of rotatable bonds is 4. The smallest absolute Gasteiger partial charge is 0.244 e. The molecule has 4 rings (SSSR count). The molecule has 2 aliphatic heterocycles. The molecule has 6 heteroatoms. The Bertz CT molecular complexity index is 879. The van der Waals surface area contributed by atoms with Gasteiger partial charge in [-0.3, -0.25) is 9.59 Å². The van der Waals surface area contributed by atoms with E-state index in [0.29, 0.717) is 31.3 Å². The summed E-state index contributed by atoms with van der Waals surface area (Å²) in [5, 5.41) is 2.90. The highest BCUT2D eigenvalue weighted by Gasteiger charge is 2.32. The summed E-state index contributed by atoms with van der Waals surface area (Å²) in [5.41, 5.74) is 1.70. The molecule has 1 saturated heterocycles. The lowest BCUT2D eigenvalue weighted by Gasteiger charge is -2.22. The molecule has 2 aliphatic rings. The van der Waals surface area contributed by atoms with Crippen molar-refractivity contribution >= 4 is 23.6 Å². The summed E-state index contributed by atoms with van der Waals surface area (Å²) >= 11 is 0. The average Bonchev–Trinajstić information content (AvgIpc) is 3.07. The van der Waals surface area contributed by atoms with E-state index >= 15 is 0 Å². The minimum atomic E-state index is -0.223. The van der Waals surface area contributed by atoms with E-state index in [9.17, 15) is 9.59 Å². The lowest BCUT2D eigenvalue weighted by atomic mass is 10.2. The maximum atomic E-state index is 12.4. The van der Waals surface area contributed by atoms with Gasteiger partial charge in [0.1, 0.15) is 13.2 Å². The Morgan fingerprint density at radius 1 is 1.07 bits per heavy atom. The second-order valence-electron chi connectivity index (χ2n) is 6.49. The van der Waals surface area contributed by atoms with E-state index in [1.807, 2.05) is 48.5 Å². The maximum absolute atomic E-state index is 12.4. The number of carbonyl (C=O) groups is 2. The molecule has 6 nitrogen and oxygen atoms in total. The van der Waals surface area contributed by atoms with Crippen molar-refractivity contribution < 1.29 is 19.1 Å². The molecular formula is C21H20N2O4. The fourth-order valence-electron chi connectivity index (χ4n) is 3.24. The zero-order valence-electron chi connectivity index (χ0n) is 14.8. The highest BCUT2D eigenvalue weighted by Crippen LogP contribution is 2.35. The van der Waals surface area contributed by atoms with Crippen LogP contribution >= 0.6 is 0 Å². The van der Waals surface area contributed by atoms with Crippen LogP contribution in [0.25, 0.3) is 6.08 Å². The van der Waals surface area contributed by atoms with Crippen molar-refractivity contribution in [1.82, 2.24) is 5.32 Å². The molecule has 0 spiro atoms. The van der Waals surface area contributed by atoms with Gasteiger partial charge in [0.25, 0.3) is 0 Å². The van der Waals surface area contributed by atoms with Crippen molar-refractivity contribution in [2.45, 2.75) is 12.5 Å². The predicted molar refractivity (Wildman–Crippen MR) is 102 cm³/mol. The van der Waals surface area contributed by atoms with Gasteiger partial charge in [-0.25, -0.2) is 0 Å². The van der Waals surface area contributed by atoms with E-state index in [4.69, 9.17) is 9.47 Å². The number of hydrogen-bond acceptors (Lipinski definition) is 4. The first-order valence-corrected chi connectivity index (χ1v) is 8.93. The predicted octanol–water partition coefficient (Wildman–Crippen LogP) is 2.39. The Labute approximate surface area is 157 Å². The van der Waals surface area contributed by atoms with Crippen LogP contribution in [0.15, 0.2) is 54.6 Å². The second kappa shape index (κ2) is 7.53. The van der Waals surface area contributed by atoms with Crippen LogP contribution in [0.5, 0.6) is 11.5 Å². The molecule has 2 aromatic carbocycles. The second-order valence-corrected chi connectivity index (χ2v) is 6.49. The van der Waals surface area contributed by atoms with Crippen LogP contribution < -0.4 is 19.7 Å². The SMILES string of the molecule is O=C(C=Cc1ccccc1)NC1CC(=O)N(c2ccc3c(c2)OCCO3)C1. The van der Waals surface area contributed by atoms with Gasteiger partial charge in [-0.1, -0.05) is 30.3 Å². The number of carbonyl (C=O) groups excluding carboxylic acids is 2. The minimum Gasteiger partial charge on any atom is -0.486 e. The monoisotopic (exact) mass is 364 g/mol. The molecule has 27 heavy (non-hydrogen) atoms. The van der Waals surface area contributed by atoms with Crippen molar-refractivity contribution in [1.29, 1.82) is 0 Å². The maximum Gasteiger partial charge on any atom is 0.244 e. The number of benzene rings is 2. The van der Waals surface area contributed by atoms with Crippen molar-refractivity contribution in [3.05, 3.63) is 60.2 Å². The van der Waals surface area contributed by atoms with Crippen molar-refractivity contribution in [2.24, 2.45) is 0 Å². The molecular weight excluding hydrogens is 344 g/mol. The third-order valence-electron chi connectivity index (χ3n) is 4.54. The van der Waals surface area contributed by atoms with E-state index in [2.05, 4.69) is 5.32 Å².